The fraction of sp³-hybridized carbons (Fsp3) is 0.143. The van der Waals surface area contributed by atoms with Crippen molar-refractivity contribution in [3.05, 3.63) is 52.7 Å². The molecule has 1 aromatic carbocycles. The predicted molar refractivity (Wildman–Crippen MR) is 80.2 cm³/mol. The van der Waals surface area contributed by atoms with Gasteiger partial charge in [0.2, 0.25) is 0 Å². The van der Waals surface area contributed by atoms with Gasteiger partial charge in [0.25, 0.3) is 11.7 Å². The molecule has 0 fully saturated rings. The molecule has 3 nitrogen and oxygen atoms in total. The van der Waals surface area contributed by atoms with Gasteiger partial charge in [-0.25, -0.2) is 4.98 Å². The zero-order chi connectivity index (χ0) is 15.4. The lowest BCUT2D eigenvalue weighted by Gasteiger charge is -2.11. The highest BCUT2D eigenvalue weighted by atomic mass is 35.5. The van der Waals surface area contributed by atoms with Crippen molar-refractivity contribution < 1.29 is 13.6 Å². The van der Waals surface area contributed by atoms with Gasteiger partial charge in [0, 0.05) is 16.9 Å². The van der Waals surface area contributed by atoms with E-state index in [1.165, 1.54) is 18.3 Å². The van der Waals surface area contributed by atoms with Gasteiger partial charge in [0.15, 0.2) is 0 Å². The van der Waals surface area contributed by atoms with Crippen LogP contribution in [0.3, 0.4) is 0 Å². The quantitative estimate of drug-likeness (QED) is 0.833. The fourth-order valence-electron chi connectivity index (χ4n) is 1.66. The highest BCUT2D eigenvalue weighted by Gasteiger charge is 2.17. The van der Waals surface area contributed by atoms with E-state index < -0.39 is 11.7 Å². The minimum absolute atomic E-state index is 0.00955. The van der Waals surface area contributed by atoms with Gasteiger partial charge in [-0.2, -0.15) is 8.78 Å². The smallest absolute Gasteiger partial charge is 0.290 e. The number of halogens is 3. The van der Waals surface area contributed by atoms with Crippen LogP contribution in [0.5, 0.6) is 0 Å². The molecule has 0 aliphatic rings. The molecule has 0 saturated carbocycles. The minimum atomic E-state index is -2.64. The van der Waals surface area contributed by atoms with Gasteiger partial charge in [0.05, 0.1) is 5.56 Å². The van der Waals surface area contributed by atoms with Gasteiger partial charge < -0.3 is 5.32 Å². The van der Waals surface area contributed by atoms with E-state index in [9.17, 15) is 13.6 Å². The molecule has 110 valence electrons. The van der Waals surface area contributed by atoms with Gasteiger partial charge in [-0.05, 0) is 48.5 Å². The summed E-state index contributed by atoms with van der Waals surface area (Å²) in [5.74, 6) is -3.14. The van der Waals surface area contributed by atoms with Crippen LogP contribution in [0.25, 0.3) is 0 Å². The molecule has 0 bridgehead atoms. The number of thioether (sulfide) groups is 1. The van der Waals surface area contributed by atoms with E-state index in [0.29, 0.717) is 10.7 Å². The largest absolute Gasteiger partial charge is 0.322 e. The molecule has 21 heavy (non-hydrogen) atoms. The molecule has 0 saturated heterocycles. The van der Waals surface area contributed by atoms with Crippen molar-refractivity contribution in [2.75, 3.05) is 5.32 Å². The normalized spacial score (nSPS) is 10.7. The summed E-state index contributed by atoms with van der Waals surface area (Å²) in [7, 11) is 0. The molecule has 7 heteroatoms. The molecule has 0 unspecified atom stereocenters. The Labute approximate surface area is 129 Å². The van der Waals surface area contributed by atoms with Gasteiger partial charge in [-0.1, -0.05) is 17.7 Å². The molecule has 1 aromatic heterocycles. The number of carbonyl (C=O) groups is 1. The van der Waals surface area contributed by atoms with Crippen LogP contribution in [0.4, 0.5) is 14.5 Å². The van der Waals surface area contributed by atoms with Crippen LogP contribution in [-0.2, 0) is 0 Å². The third-order valence-electron chi connectivity index (χ3n) is 2.66. The lowest BCUT2D eigenvalue weighted by Crippen LogP contribution is -2.14. The van der Waals surface area contributed by atoms with E-state index in [4.69, 9.17) is 11.6 Å². The van der Waals surface area contributed by atoms with E-state index in [-0.39, 0.29) is 22.4 Å². The van der Waals surface area contributed by atoms with Crippen LogP contribution in [0.1, 0.15) is 15.9 Å². The van der Waals surface area contributed by atoms with Gasteiger partial charge in [-0.15, -0.1) is 0 Å². The molecular weight excluding hydrogens is 318 g/mol. The molecule has 0 aliphatic heterocycles. The van der Waals surface area contributed by atoms with Crippen LogP contribution in [0.15, 0.2) is 41.6 Å². The Balaban J connectivity index is 2.26. The number of anilines is 1. The summed E-state index contributed by atoms with van der Waals surface area (Å²) in [4.78, 5) is 16.0. The zero-order valence-electron chi connectivity index (χ0n) is 10.9. The molecule has 1 heterocycles. The molecular formula is C14H11ClF2N2OS. The Kier molecular flexibility index (Phi) is 5.14. The third kappa shape index (κ3) is 4.15. The Morgan fingerprint density at radius 1 is 1.38 bits per heavy atom. The summed E-state index contributed by atoms with van der Waals surface area (Å²) in [5, 5.41) is 3.13. The van der Waals surface area contributed by atoms with Crippen LogP contribution in [0.2, 0.25) is 5.02 Å². The molecule has 0 radical (unpaired) electrons. The number of nitrogens with one attached hydrogen (secondary N) is 1. The van der Waals surface area contributed by atoms with Crippen LogP contribution >= 0.6 is 23.4 Å². The van der Waals surface area contributed by atoms with Crippen molar-refractivity contribution in [1.82, 2.24) is 4.98 Å². The van der Waals surface area contributed by atoms with Crippen molar-refractivity contribution in [3.8, 4) is 0 Å². The number of alkyl halides is 2. The predicted octanol–water partition coefficient (Wildman–Crippen LogP) is 4.61. The van der Waals surface area contributed by atoms with Crippen molar-refractivity contribution in [1.29, 1.82) is 0 Å². The number of pyridine rings is 1. The Morgan fingerprint density at radius 2 is 2.14 bits per heavy atom. The Morgan fingerprint density at radius 3 is 2.86 bits per heavy atom. The van der Waals surface area contributed by atoms with E-state index in [1.807, 2.05) is 6.92 Å². The number of hydrogen-bond donors (Lipinski definition) is 1. The zero-order valence-corrected chi connectivity index (χ0v) is 12.5. The maximum atomic E-state index is 12.5. The molecule has 0 spiro atoms. The van der Waals surface area contributed by atoms with Gasteiger partial charge in [0.1, 0.15) is 5.03 Å². The number of hydrogen-bond acceptors (Lipinski definition) is 3. The highest BCUT2D eigenvalue weighted by molar-refractivity contribution is 7.99. The summed E-state index contributed by atoms with van der Waals surface area (Å²) in [6.07, 6.45) is 1.37. The highest BCUT2D eigenvalue weighted by Crippen LogP contribution is 2.27. The summed E-state index contributed by atoms with van der Waals surface area (Å²) in [6.45, 7) is 1.81. The van der Waals surface area contributed by atoms with Crippen LogP contribution in [-0.4, -0.2) is 16.6 Å². The van der Waals surface area contributed by atoms with Crippen LogP contribution < -0.4 is 5.32 Å². The van der Waals surface area contributed by atoms with E-state index in [1.54, 1.807) is 18.2 Å². The molecule has 1 amide bonds. The number of carbonyl (C=O) groups excluding carboxylic acids is 1. The first-order valence-electron chi connectivity index (χ1n) is 5.94. The molecule has 1 N–H and O–H groups in total. The summed E-state index contributed by atoms with van der Waals surface area (Å²) in [5.41, 5.74) is 1.45. The first-order valence-corrected chi connectivity index (χ1v) is 7.20. The molecule has 2 rings (SSSR count). The third-order valence-corrected chi connectivity index (χ3v) is 3.63. The fourth-order valence-corrected chi connectivity index (χ4v) is 2.41. The first-order chi connectivity index (χ1) is 9.97. The van der Waals surface area contributed by atoms with E-state index in [2.05, 4.69) is 10.3 Å². The summed E-state index contributed by atoms with van der Waals surface area (Å²) >= 11 is 6.12. The number of amides is 1. The van der Waals surface area contributed by atoms with Crippen molar-refractivity contribution in [3.63, 3.8) is 0 Å². The summed E-state index contributed by atoms with van der Waals surface area (Å²) < 4.78 is 25.0. The first kappa shape index (κ1) is 15.7. The van der Waals surface area contributed by atoms with Crippen molar-refractivity contribution >= 4 is 35.0 Å². The topological polar surface area (TPSA) is 42.0 Å². The Hall–Kier alpha value is -1.66. The lowest BCUT2D eigenvalue weighted by atomic mass is 10.2. The maximum Gasteiger partial charge on any atom is 0.290 e. The van der Waals surface area contributed by atoms with Crippen LogP contribution in [0, 0.1) is 6.92 Å². The van der Waals surface area contributed by atoms with Gasteiger partial charge in [-0.3, -0.25) is 4.79 Å². The molecule has 2 aromatic rings. The minimum Gasteiger partial charge on any atom is -0.322 e. The standard InChI is InChI=1S/C14H11ClF2N2OS/c1-8-4-5-9(15)7-11(8)19-12(20)10-3-2-6-18-13(10)21-14(16)17/h2-7,14H,1H3,(H,19,20). The maximum absolute atomic E-state index is 12.5. The monoisotopic (exact) mass is 328 g/mol. The molecule has 0 aliphatic carbocycles. The Bertz CT molecular complexity index is 667. The second-order valence-electron chi connectivity index (χ2n) is 4.15. The van der Waals surface area contributed by atoms with Crippen molar-refractivity contribution in [2.24, 2.45) is 0 Å². The number of benzene rings is 1. The summed E-state index contributed by atoms with van der Waals surface area (Å²) in [6, 6.07) is 8.04. The lowest BCUT2D eigenvalue weighted by molar-refractivity contribution is 0.102. The van der Waals surface area contributed by atoms with E-state index in [0.717, 1.165) is 5.56 Å². The number of nitrogens with zero attached hydrogens (tertiary/aromatic N) is 1. The average Bonchev–Trinajstić information content (AvgIpc) is 2.42. The SMILES string of the molecule is Cc1ccc(Cl)cc1NC(=O)c1cccnc1SC(F)F. The van der Waals surface area contributed by atoms with Crippen molar-refractivity contribution in [2.45, 2.75) is 17.7 Å². The average molecular weight is 329 g/mol. The second-order valence-corrected chi connectivity index (χ2v) is 5.56. The molecule has 0 atom stereocenters. The second kappa shape index (κ2) is 6.87. The number of aromatic nitrogens is 1. The number of rotatable bonds is 4. The van der Waals surface area contributed by atoms with E-state index >= 15 is 0 Å². The number of aryl methyl sites for hydroxylation is 1. The van der Waals surface area contributed by atoms with Gasteiger partial charge >= 0.3 is 0 Å².